The van der Waals surface area contributed by atoms with Crippen molar-refractivity contribution < 1.29 is 18.0 Å². The van der Waals surface area contributed by atoms with Gasteiger partial charge in [0.15, 0.2) is 0 Å². The maximum absolute atomic E-state index is 13.1. The quantitative estimate of drug-likeness (QED) is 0.385. The number of amides is 1. The Bertz CT molecular complexity index is 1400. The van der Waals surface area contributed by atoms with Crippen LogP contribution in [0, 0.1) is 11.3 Å². The molecule has 172 valence electrons. The maximum Gasteiger partial charge on any atom is 0.416 e. The van der Waals surface area contributed by atoms with E-state index < -0.39 is 11.7 Å². The van der Waals surface area contributed by atoms with Gasteiger partial charge in [-0.3, -0.25) is 4.79 Å². The topological polar surface area (TPSA) is 70.7 Å². The summed E-state index contributed by atoms with van der Waals surface area (Å²) < 4.78 is 41.2. The Morgan fingerprint density at radius 2 is 1.85 bits per heavy atom. The Morgan fingerprint density at radius 3 is 2.62 bits per heavy atom. The molecule has 8 heteroatoms. The van der Waals surface area contributed by atoms with E-state index in [1.54, 1.807) is 24.3 Å². The van der Waals surface area contributed by atoms with Crippen molar-refractivity contribution >= 4 is 16.9 Å². The highest BCUT2D eigenvalue weighted by molar-refractivity contribution is 5.98. The van der Waals surface area contributed by atoms with Gasteiger partial charge in [-0.1, -0.05) is 42.5 Å². The maximum atomic E-state index is 13.1. The molecule has 34 heavy (non-hydrogen) atoms. The van der Waals surface area contributed by atoms with E-state index in [-0.39, 0.29) is 25.3 Å². The van der Waals surface area contributed by atoms with Crippen molar-refractivity contribution in [3.63, 3.8) is 0 Å². The lowest BCUT2D eigenvalue weighted by molar-refractivity contribution is -0.137. The monoisotopic (exact) mass is 462 g/mol. The molecule has 0 saturated carbocycles. The molecular formula is C26H21F3N4O. The lowest BCUT2D eigenvalue weighted by Crippen LogP contribution is -2.24. The first-order chi connectivity index (χ1) is 16.3. The molecule has 0 aliphatic rings. The highest BCUT2D eigenvalue weighted by Gasteiger charge is 2.30. The Hall–Kier alpha value is -4.12. The van der Waals surface area contributed by atoms with Crippen LogP contribution in [0.4, 0.5) is 13.2 Å². The van der Waals surface area contributed by atoms with Crippen LogP contribution in [0.3, 0.4) is 0 Å². The average Bonchev–Trinajstić information content (AvgIpc) is 3.14. The van der Waals surface area contributed by atoms with Crippen molar-refractivity contribution in [1.29, 1.82) is 5.26 Å². The van der Waals surface area contributed by atoms with Crippen molar-refractivity contribution in [1.82, 2.24) is 14.9 Å². The molecule has 0 spiro atoms. The van der Waals surface area contributed by atoms with Crippen LogP contribution in [0.2, 0.25) is 0 Å². The number of para-hydroxylation sites is 1. The van der Waals surface area contributed by atoms with Crippen molar-refractivity contribution in [3.05, 3.63) is 89.2 Å². The summed E-state index contributed by atoms with van der Waals surface area (Å²) in [6.07, 6.45) is -3.93. The van der Waals surface area contributed by atoms with Crippen LogP contribution in [0.15, 0.2) is 66.7 Å². The fourth-order valence-corrected chi connectivity index (χ4v) is 3.86. The standard InChI is InChI=1S/C26H21F3N4O/c1-33-22-11-4-10-21(18-7-3-8-19(16-18)25(34)31-13-5-12-30)24(22)32-23(33)15-17-6-2-9-20(14-17)26(27,28)29/h2-4,6-11,14,16H,5,13,15H2,1H3,(H,31,34). The molecule has 1 heterocycles. The zero-order chi connectivity index (χ0) is 24.3. The summed E-state index contributed by atoms with van der Waals surface area (Å²) in [5.74, 6) is 0.364. The Morgan fingerprint density at radius 1 is 1.09 bits per heavy atom. The third-order valence-electron chi connectivity index (χ3n) is 5.58. The predicted molar refractivity (Wildman–Crippen MR) is 123 cm³/mol. The van der Waals surface area contributed by atoms with Crippen LogP contribution in [0.1, 0.15) is 33.7 Å². The molecule has 0 unspecified atom stereocenters. The lowest BCUT2D eigenvalue weighted by Gasteiger charge is -2.08. The predicted octanol–water partition coefficient (Wildman–Crippen LogP) is 5.49. The number of alkyl halides is 3. The van der Waals surface area contributed by atoms with Crippen LogP contribution in [0.5, 0.6) is 0 Å². The van der Waals surface area contributed by atoms with Crippen LogP contribution in [0.25, 0.3) is 22.2 Å². The molecule has 4 rings (SSSR count). The molecule has 0 fully saturated rings. The minimum atomic E-state index is -4.40. The molecule has 3 aromatic carbocycles. The second kappa shape index (κ2) is 9.40. The average molecular weight is 462 g/mol. The van der Waals surface area contributed by atoms with Crippen molar-refractivity contribution in [3.8, 4) is 17.2 Å². The number of hydrogen-bond donors (Lipinski definition) is 1. The number of aromatic nitrogens is 2. The minimum Gasteiger partial charge on any atom is -0.351 e. The van der Waals surface area contributed by atoms with Gasteiger partial charge in [-0.05, 0) is 35.4 Å². The number of nitriles is 1. The summed E-state index contributed by atoms with van der Waals surface area (Å²) >= 11 is 0. The van der Waals surface area contributed by atoms with Gasteiger partial charge < -0.3 is 9.88 Å². The van der Waals surface area contributed by atoms with E-state index in [9.17, 15) is 18.0 Å². The van der Waals surface area contributed by atoms with Gasteiger partial charge in [-0.25, -0.2) is 4.98 Å². The number of halogens is 3. The smallest absolute Gasteiger partial charge is 0.351 e. The van der Waals surface area contributed by atoms with E-state index in [4.69, 9.17) is 10.2 Å². The highest BCUT2D eigenvalue weighted by Crippen LogP contribution is 2.32. The molecule has 0 aliphatic carbocycles. The molecular weight excluding hydrogens is 441 g/mol. The number of carbonyl (C=O) groups is 1. The molecule has 0 bridgehead atoms. The zero-order valence-corrected chi connectivity index (χ0v) is 18.4. The van der Waals surface area contributed by atoms with Crippen LogP contribution in [-0.4, -0.2) is 22.0 Å². The van der Waals surface area contributed by atoms with Crippen molar-refractivity contribution in [2.75, 3.05) is 6.54 Å². The Labute approximate surface area is 194 Å². The number of hydrogen-bond acceptors (Lipinski definition) is 3. The summed E-state index contributed by atoms with van der Waals surface area (Å²) in [4.78, 5) is 17.2. The SMILES string of the molecule is Cn1c(Cc2cccc(C(F)(F)F)c2)nc2c(-c3cccc(C(=O)NCCC#N)c3)cccc21. The number of carbonyl (C=O) groups excluding carboxylic acids is 1. The van der Waals surface area contributed by atoms with Gasteiger partial charge in [0, 0.05) is 31.1 Å². The van der Waals surface area contributed by atoms with Gasteiger partial charge in [-0.2, -0.15) is 18.4 Å². The van der Waals surface area contributed by atoms with E-state index in [2.05, 4.69) is 5.32 Å². The number of fused-ring (bicyclic) bond motifs is 1. The zero-order valence-electron chi connectivity index (χ0n) is 18.4. The summed E-state index contributed by atoms with van der Waals surface area (Å²) in [5, 5.41) is 11.4. The first-order valence-electron chi connectivity index (χ1n) is 10.6. The second-order valence-electron chi connectivity index (χ2n) is 7.88. The van der Waals surface area contributed by atoms with Gasteiger partial charge in [0.25, 0.3) is 5.91 Å². The van der Waals surface area contributed by atoms with Crippen LogP contribution < -0.4 is 5.32 Å². The van der Waals surface area contributed by atoms with E-state index in [1.165, 1.54) is 6.07 Å². The minimum absolute atomic E-state index is 0.229. The fraction of sp³-hybridized carbons (Fsp3) is 0.192. The molecule has 1 aromatic heterocycles. The molecule has 4 aromatic rings. The Kier molecular flexibility index (Phi) is 6.37. The third-order valence-corrected chi connectivity index (χ3v) is 5.58. The molecule has 0 radical (unpaired) electrons. The molecule has 1 amide bonds. The van der Waals surface area contributed by atoms with Gasteiger partial charge in [0.2, 0.25) is 0 Å². The molecule has 0 saturated heterocycles. The normalized spacial score (nSPS) is 11.4. The summed E-state index contributed by atoms with van der Waals surface area (Å²) in [6, 6.07) is 20.0. The molecule has 0 atom stereocenters. The number of nitrogens with zero attached hydrogens (tertiary/aromatic N) is 3. The van der Waals surface area contributed by atoms with Gasteiger partial charge >= 0.3 is 6.18 Å². The van der Waals surface area contributed by atoms with E-state index in [0.717, 1.165) is 28.8 Å². The van der Waals surface area contributed by atoms with Crippen molar-refractivity contribution in [2.24, 2.45) is 7.05 Å². The van der Waals surface area contributed by atoms with Crippen LogP contribution in [-0.2, 0) is 19.6 Å². The fourth-order valence-electron chi connectivity index (χ4n) is 3.86. The number of rotatable bonds is 6. The van der Waals surface area contributed by atoms with E-state index >= 15 is 0 Å². The second-order valence-corrected chi connectivity index (χ2v) is 7.88. The van der Waals surface area contributed by atoms with E-state index in [0.29, 0.717) is 22.5 Å². The first kappa shape index (κ1) is 23.1. The number of aryl methyl sites for hydroxylation is 1. The van der Waals surface area contributed by atoms with Crippen molar-refractivity contribution in [2.45, 2.75) is 19.0 Å². The van der Waals surface area contributed by atoms with Gasteiger partial charge in [-0.15, -0.1) is 0 Å². The molecule has 0 aliphatic heterocycles. The Balaban J connectivity index is 1.68. The largest absolute Gasteiger partial charge is 0.416 e. The number of imidazole rings is 1. The molecule has 5 nitrogen and oxygen atoms in total. The third kappa shape index (κ3) is 4.79. The number of nitrogens with one attached hydrogen (secondary N) is 1. The van der Waals surface area contributed by atoms with Gasteiger partial charge in [0.1, 0.15) is 5.82 Å². The summed E-state index contributed by atoms with van der Waals surface area (Å²) in [6.45, 7) is 0.272. The van der Waals surface area contributed by atoms with Gasteiger partial charge in [0.05, 0.1) is 29.1 Å². The summed E-state index contributed by atoms with van der Waals surface area (Å²) in [5.41, 5.74) is 3.45. The number of benzene rings is 3. The van der Waals surface area contributed by atoms with E-state index in [1.807, 2.05) is 41.9 Å². The lowest BCUT2D eigenvalue weighted by atomic mass is 10.0. The molecule has 1 N–H and O–H groups in total. The van der Waals surface area contributed by atoms with Crippen LogP contribution >= 0.6 is 0 Å². The summed E-state index contributed by atoms with van der Waals surface area (Å²) in [7, 11) is 1.83. The highest BCUT2D eigenvalue weighted by atomic mass is 19.4. The first-order valence-corrected chi connectivity index (χ1v) is 10.6.